The molecule has 1 fully saturated rings. The van der Waals surface area contributed by atoms with Crippen LogP contribution in [0.25, 0.3) is 0 Å². The molecule has 3 amide bonds. The summed E-state index contributed by atoms with van der Waals surface area (Å²) in [5.41, 5.74) is 2.62. The van der Waals surface area contributed by atoms with E-state index in [1.807, 2.05) is 91.0 Å². The van der Waals surface area contributed by atoms with Crippen LogP contribution in [0.15, 0.2) is 91.0 Å². The monoisotopic (exact) mass is 469 g/mol. The van der Waals surface area contributed by atoms with E-state index >= 15 is 0 Å². The molecule has 1 aliphatic rings. The van der Waals surface area contributed by atoms with Gasteiger partial charge in [0.15, 0.2) is 0 Å². The van der Waals surface area contributed by atoms with Crippen molar-refractivity contribution < 1.29 is 14.4 Å². The van der Waals surface area contributed by atoms with Gasteiger partial charge in [-0.3, -0.25) is 14.4 Å². The number of hydrogen-bond donors (Lipinski definition) is 3. The topological polar surface area (TPSA) is 87.3 Å². The maximum absolute atomic E-state index is 13.7. The Kier molecular flexibility index (Phi) is 8.28. The van der Waals surface area contributed by atoms with Crippen molar-refractivity contribution in [2.45, 2.75) is 43.7 Å². The fourth-order valence-electron chi connectivity index (χ4n) is 4.45. The van der Waals surface area contributed by atoms with Crippen LogP contribution in [0.1, 0.15) is 41.9 Å². The highest BCUT2D eigenvalue weighted by Crippen LogP contribution is 2.25. The predicted octanol–water partition coefficient (Wildman–Crippen LogP) is 3.33. The molecule has 1 saturated heterocycles. The van der Waals surface area contributed by atoms with Crippen molar-refractivity contribution in [3.05, 3.63) is 108 Å². The van der Waals surface area contributed by atoms with E-state index < -0.39 is 18.0 Å². The van der Waals surface area contributed by atoms with Crippen LogP contribution in [0, 0.1) is 0 Å². The Morgan fingerprint density at radius 1 is 0.800 bits per heavy atom. The van der Waals surface area contributed by atoms with Crippen molar-refractivity contribution in [1.29, 1.82) is 0 Å². The molecule has 0 aliphatic carbocycles. The fourth-order valence-corrected chi connectivity index (χ4v) is 4.45. The second-order valence-electron chi connectivity index (χ2n) is 8.85. The van der Waals surface area contributed by atoms with Crippen LogP contribution in [0.5, 0.6) is 0 Å². The van der Waals surface area contributed by atoms with Gasteiger partial charge < -0.3 is 16.0 Å². The summed E-state index contributed by atoms with van der Waals surface area (Å²) in [6, 6.07) is 27.2. The van der Waals surface area contributed by atoms with E-state index in [4.69, 9.17) is 0 Å². The van der Waals surface area contributed by atoms with Crippen LogP contribution in [0.4, 0.5) is 0 Å². The molecule has 6 heteroatoms. The summed E-state index contributed by atoms with van der Waals surface area (Å²) in [4.78, 5) is 39.5. The van der Waals surface area contributed by atoms with Gasteiger partial charge in [0.1, 0.15) is 12.1 Å². The van der Waals surface area contributed by atoms with E-state index in [2.05, 4.69) is 16.0 Å². The lowest BCUT2D eigenvalue weighted by atomic mass is 9.90. The molecular weight excluding hydrogens is 438 g/mol. The lowest BCUT2D eigenvalue weighted by Crippen LogP contribution is -2.54. The van der Waals surface area contributed by atoms with Gasteiger partial charge in [0, 0.05) is 13.0 Å². The SMILES string of the molecule is O=C1NCCCCC1NC(=O)C(Cc1ccccc1)NC(=O)C(c1ccccc1)c1ccccc1. The third kappa shape index (κ3) is 6.57. The average molecular weight is 470 g/mol. The van der Waals surface area contributed by atoms with E-state index in [-0.39, 0.29) is 17.7 Å². The first kappa shape index (κ1) is 24.2. The molecule has 2 atom stereocenters. The first-order chi connectivity index (χ1) is 17.1. The number of benzene rings is 3. The van der Waals surface area contributed by atoms with Crippen molar-refractivity contribution in [3.63, 3.8) is 0 Å². The van der Waals surface area contributed by atoms with Gasteiger partial charge in [-0.05, 0) is 36.0 Å². The van der Waals surface area contributed by atoms with E-state index in [0.29, 0.717) is 19.4 Å². The molecule has 4 rings (SSSR count). The summed E-state index contributed by atoms with van der Waals surface area (Å²) in [7, 11) is 0. The second-order valence-corrected chi connectivity index (χ2v) is 8.85. The van der Waals surface area contributed by atoms with Crippen molar-refractivity contribution in [3.8, 4) is 0 Å². The Morgan fingerprint density at radius 2 is 1.37 bits per heavy atom. The van der Waals surface area contributed by atoms with Crippen LogP contribution in [0.2, 0.25) is 0 Å². The number of nitrogens with one attached hydrogen (secondary N) is 3. The maximum atomic E-state index is 13.7. The maximum Gasteiger partial charge on any atom is 0.243 e. The largest absolute Gasteiger partial charge is 0.354 e. The lowest BCUT2D eigenvalue weighted by Gasteiger charge is -2.25. The third-order valence-corrected chi connectivity index (χ3v) is 6.30. The summed E-state index contributed by atoms with van der Waals surface area (Å²) < 4.78 is 0. The summed E-state index contributed by atoms with van der Waals surface area (Å²) in [5.74, 6) is -1.36. The number of rotatable bonds is 8. The van der Waals surface area contributed by atoms with Gasteiger partial charge in [-0.15, -0.1) is 0 Å². The summed E-state index contributed by atoms with van der Waals surface area (Å²) >= 11 is 0. The molecule has 6 nitrogen and oxygen atoms in total. The van der Waals surface area contributed by atoms with Gasteiger partial charge in [-0.25, -0.2) is 0 Å². The third-order valence-electron chi connectivity index (χ3n) is 6.30. The van der Waals surface area contributed by atoms with Crippen LogP contribution in [-0.4, -0.2) is 36.3 Å². The highest BCUT2D eigenvalue weighted by molar-refractivity contribution is 5.94. The number of carbonyl (C=O) groups is 3. The average Bonchev–Trinajstić information content (AvgIpc) is 3.09. The minimum absolute atomic E-state index is 0.174. The van der Waals surface area contributed by atoms with E-state index in [1.54, 1.807) is 0 Å². The van der Waals surface area contributed by atoms with Crippen LogP contribution < -0.4 is 16.0 Å². The van der Waals surface area contributed by atoms with Gasteiger partial charge >= 0.3 is 0 Å². The Bertz CT molecular complexity index is 1080. The van der Waals surface area contributed by atoms with Gasteiger partial charge in [-0.2, -0.15) is 0 Å². The Hall–Kier alpha value is -3.93. The van der Waals surface area contributed by atoms with Crippen molar-refractivity contribution >= 4 is 17.7 Å². The normalized spacial score (nSPS) is 16.6. The van der Waals surface area contributed by atoms with Gasteiger partial charge in [0.25, 0.3) is 0 Å². The molecule has 35 heavy (non-hydrogen) atoms. The molecule has 0 spiro atoms. The lowest BCUT2D eigenvalue weighted by molar-refractivity contribution is -0.132. The number of amides is 3. The van der Waals surface area contributed by atoms with Gasteiger partial charge in [0.2, 0.25) is 17.7 Å². The quantitative estimate of drug-likeness (QED) is 0.473. The Morgan fingerprint density at radius 3 is 1.97 bits per heavy atom. The van der Waals surface area contributed by atoms with E-state index in [0.717, 1.165) is 29.5 Å². The molecular formula is C29H31N3O3. The van der Waals surface area contributed by atoms with Crippen molar-refractivity contribution in [2.75, 3.05) is 6.54 Å². The minimum Gasteiger partial charge on any atom is -0.354 e. The second kappa shape index (κ2) is 12.0. The molecule has 1 aliphatic heterocycles. The molecule has 0 radical (unpaired) electrons. The van der Waals surface area contributed by atoms with Crippen LogP contribution >= 0.6 is 0 Å². The van der Waals surface area contributed by atoms with Crippen molar-refractivity contribution in [2.24, 2.45) is 0 Å². The first-order valence-electron chi connectivity index (χ1n) is 12.1. The number of carbonyl (C=O) groups excluding carboxylic acids is 3. The van der Waals surface area contributed by atoms with E-state index in [1.165, 1.54) is 0 Å². The van der Waals surface area contributed by atoms with Crippen LogP contribution in [0.3, 0.4) is 0 Å². The molecule has 0 bridgehead atoms. The molecule has 3 N–H and O–H groups in total. The molecule has 180 valence electrons. The van der Waals surface area contributed by atoms with E-state index in [9.17, 15) is 14.4 Å². The zero-order chi connectivity index (χ0) is 24.5. The highest BCUT2D eigenvalue weighted by Gasteiger charge is 2.30. The fraction of sp³-hybridized carbons (Fsp3) is 0.276. The molecule has 2 unspecified atom stereocenters. The van der Waals surface area contributed by atoms with Gasteiger partial charge in [-0.1, -0.05) is 91.0 Å². The molecule has 0 aromatic heterocycles. The Balaban J connectivity index is 1.58. The first-order valence-corrected chi connectivity index (χ1v) is 12.1. The summed E-state index contributed by atoms with van der Waals surface area (Å²) in [6.07, 6.45) is 2.64. The highest BCUT2D eigenvalue weighted by atomic mass is 16.2. The molecule has 3 aromatic rings. The van der Waals surface area contributed by atoms with Gasteiger partial charge in [0.05, 0.1) is 5.92 Å². The summed E-state index contributed by atoms with van der Waals surface area (Å²) in [6.45, 7) is 0.616. The minimum atomic E-state index is -0.823. The smallest absolute Gasteiger partial charge is 0.243 e. The van der Waals surface area contributed by atoms with Crippen LogP contribution in [-0.2, 0) is 20.8 Å². The standard InChI is InChI=1S/C29H31N3O3/c33-27-24(18-10-11-19-30-27)31-28(34)25(20-21-12-4-1-5-13-21)32-29(35)26(22-14-6-2-7-15-22)23-16-8-3-9-17-23/h1-9,12-17,24-26H,10-11,18-20H2,(H,30,33)(H,31,34)(H,32,35). The molecule has 0 saturated carbocycles. The molecule has 1 heterocycles. The summed E-state index contributed by atoms with van der Waals surface area (Å²) in [5, 5.41) is 8.74. The number of hydrogen-bond acceptors (Lipinski definition) is 3. The Labute approximate surface area is 206 Å². The zero-order valence-electron chi connectivity index (χ0n) is 19.7. The molecule has 3 aromatic carbocycles. The predicted molar refractivity (Wildman–Crippen MR) is 136 cm³/mol. The zero-order valence-corrected chi connectivity index (χ0v) is 19.7. The van der Waals surface area contributed by atoms with Crippen molar-refractivity contribution in [1.82, 2.24) is 16.0 Å².